The van der Waals surface area contributed by atoms with E-state index < -0.39 is 5.54 Å². The predicted molar refractivity (Wildman–Crippen MR) is 131 cm³/mol. The lowest BCUT2D eigenvalue weighted by molar-refractivity contribution is -0.132. The Labute approximate surface area is 200 Å². The summed E-state index contributed by atoms with van der Waals surface area (Å²) in [6.45, 7) is 5.07. The van der Waals surface area contributed by atoms with Crippen molar-refractivity contribution in [2.45, 2.75) is 38.9 Å². The van der Waals surface area contributed by atoms with Crippen molar-refractivity contribution >= 4 is 11.8 Å². The zero-order valence-corrected chi connectivity index (χ0v) is 19.8. The summed E-state index contributed by atoms with van der Waals surface area (Å²) >= 11 is 0. The first-order chi connectivity index (χ1) is 16.4. The summed E-state index contributed by atoms with van der Waals surface area (Å²) in [7, 11) is 1.62. The standard InChI is InChI=1S/C28H30N2O4/c1-4-34-24-15-11-21(12-16-24)19-30-26(31)25-8-6-5-7-22(25)17-28(30,2)27(32)29-18-20-9-13-23(33-3)14-10-20/h5-16H,4,17-19H2,1-3H3,(H,29,32)/t28-/m1/s1. The molecule has 0 radical (unpaired) electrons. The molecule has 0 spiro atoms. The fraction of sp³-hybridized carbons (Fsp3) is 0.286. The number of methoxy groups -OCH3 is 1. The van der Waals surface area contributed by atoms with Crippen molar-refractivity contribution in [1.82, 2.24) is 10.2 Å². The van der Waals surface area contributed by atoms with Crippen LogP contribution in [0.15, 0.2) is 72.8 Å². The molecule has 1 aliphatic rings. The summed E-state index contributed by atoms with van der Waals surface area (Å²) in [5, 5.41) is 3.05. The van der Waals surface area contributed by atoms with Crippen LogP contribution in [-0.2, 0) is 24.3 Å². The molecule has 0 unspecified atom stereocenters. The second-order valence-electron chi connectivity index (χ2n) is 8.61. The van der Waals surface area contributed by atoms with Gasteiger partial charge in [0.1, 0.15) is 17.0 Å². The Morgan fingerprint density at radius 1 is 0.971 bits per heavy atom. The third-order valence-electron chi connectivity index (χ3n) is 6.30. The number of nitrogens with zero attached hydrogens (tertiary/aromatic N) is 1. The van der Waals surface area contributed by atoms with Gasteiger partial charge in [-0.25, -0.2) is 0 Å². The summed E-state index contributed by atoms with van der Waals surface area (Å²) in [4.78, 5) is 28.8. The zero-order chi connectivity index (χ0) is 24.1. The highest BCUT2D eigenvalue weighted by Crippen LogP contribution is 2.33. The van der Waals surface area contributed by atoms with E-state index in [4.69, 9.17) is 9.47 Å². The van der Waals surface area contributed by atoms with Crippen molar-refractivity contribution < 1.29 is 19.1 Å². The van der Waals surface area contributed by atoms with E-state index >= 15 is 0 Å². The van der Waals surface area contributed by atoms with E-state index in [1.165, 1.54) is 0 Å². The number of hydrogen-bond donors (Lipinski definition) is 1. The predicted octanol–water partition coefficient (Wildman–Crippen LogP) is 4.37. The van der Waals surface area contributed by atoms with E-state index in [1.54, 1.807) is 12.0 Å². The van der Waals surface area contributed by atoms with Crippen molar-refractivity contribution in [2.24, 2.45) is 0 Å². The molecule has 0 saturated heterocycles. The lowest BCUT2D eigenvalue weighted by Gasteiger charge is -2.44. The first kappa shape index (κ1) is 23.4. The second kappa shape index (κ2) is 10.00. The highest BCUT2D eigenvalue weighted by Gasteiger charge is 2.46. The molecule has 0 aliphatic carbocycles. The summed E-state index contributed by atoms with van der Waals surface area (Å²) < 4.78 is 10.7. The molecule has 1 heterocycles. The van der Waals surface area contributed by atoms with Crippen molar-refractivity contribution in [3.05, 3.63) is 95.1 Å². The Bertz CT molecular complexity index is 1160. The van der Waals surface area contributed by atoms with Gasteiger partial charge in [0.15, 0.2) is 0 Å². The number of benzene rings is 3. The fourth-order valence-electron chi connectivity index (χ4n) is 4.32. The van der Waals surface area contributed by atoms with Gasteiger partial charge in [-0.05, 0) is 60.9 Å². The van der Waals surface area contributed by atoms with Crippen LogP contribution in [0.3, 0.4) is 0 Å². The molecule has 0 saturated carbocycles. The molecular formula is C28H30N2O4. The van der Waals surface area contributed by atoms with Crippen molar-refractivity contribution in [3.63, 3.8) is 0 Å². The highest BCUT2D eigenvalue weighted by atomic mass is 16.5. The second-order valence-corrected chi connectivity index (χ2v) is 8.61. The lowest BCUT2D eigenvalue weighted by atomic mass is 9.82. The Morgan fingerprint density at radius 3 is 2.29 bits per heavy atom. The third kappa shape index (κ3) is 4.76. The number of rotatable bonds is 8. The highest BCUT2D eigenvalue weighted by molar-refractivity contribution is 6.02. The molecule has 6 nitrogen and oxygen atoms in total. The number of amides is 2. The maximum absolute atomic E-state index is 13.6. The minimum absolute atomic E-state index is 0.141. The van der Waals surface area contributed by atoms with Gasteiger partial charge in [0.2, 0.25) is 5.91 Å². The number of nitrogens with one attached hydrogen (secondary N) is 1. The Morgan fingerprint density at radius 2 is 1.62 bits per heavy atom. The van der Waals surface area contributed by atoms with Crippen LogP contribution in [0.1, 0.15) is 40.9 Å². The first-order valence-electron chi connectivity index (χ1n) is 11.5. The van der Waals surface area contributed by atoms with Gasteiger partial charge in [-0.3, -0.25) is 9.59 Å². The lowest BCUT2D eigenvalue weighted by Crippen LogP contribution is -2.62. The third-order valence-corrected chi connectivity index (χ3v) is 6.30. The number of hydrogen-bond acceptors (Lipinski definition) is 4. The normalized spacial score (nSPS) is 17.1. The van der Waals surface area contributed by atoms with Crippen LogP contribution in [-0.4, -0.2) is 36.0 Å². The Hall–Kier alpha value is -3.80. The van der Waals surface area contributed by atoms with Crippen LogP contribution in [0.2, 0.25) is 0 Å². The average molecular weight is 459 g/mol. The minimum Gasteiger partial charge on any atom is -0.497 e. The molecule has 1 atom stereocenters. The maximum Gasteiger partial charge on any atom is 0.255 e. The Kier molecular flexibility index (Phi) is 6.87. The van der Waals surface area contributed by atoms with Gasteiger partial charge < -0.3 is 19.7 Å². The molecular weight excluding hydrogens is 428 g/mol. The number of fused-ring (bicyclic) bond motifs is 1. The molecule has 0 fully saturated rings. The van der Waals surface area contributed by atoms with Gasteiger partial charge in [-0.15, -0.1) is 0 Å². The smallest absolute Gasteiger partial charge is 0.255 e. The van der Waals surface area contributed by atoms with E-state index in [9.17, 15) is 9.59 Å². The van der Waals surface area contributed by atoms with Crippen LogP contribution in [0.5, 0.6) is 11.5 Å². The Balaban J connectivity index is 1.59. The SMILES string of the molecule is CCOc1ccc(CN2C(=O)c3ccccc3C[C@]2(C)C(=O)NCc2ccc(OC)cc2)cc1. The monoisotopic (exact) mass is 458 g/mol. The van der Waals surface area contributed by atoms with Gasteiger partial charge in [-0.1, -0.05) is 42.5 Å². The summed E-state index contributed by atoms with van der Waals surface area (Å²) in [6.07, 6.45) is 0.445. The molecule has 2 amide bonds. The van der Waals surface area contributed by atoms with E-state index in [0.29, 0.717) is 31.7 Å². The van der Waals surface area contributed by atoms with Gasteiger partial charge in [0, 0.05) is 25.1 Å². The molecule has 3 aromatic rings. The minimum atomic E-state index is -1.03. The quantitative estimate of drug-likeness (QED) is 0.544. The van der Waals surface area contributed by atoms with Crippen molar-refractivity contribution in [1.29, 1.82) is 0 Å². The fourth-order valence-corrected chi connectivity index (χ4v) is 4.32. The van der Waals surface area contributed by atoms with E-state index in [0.717, 1.165) is 28.2 Å². The van der Waals surface area contributed by atoms with Crippen LogP contribution in [0.4, 0.5) is 0 Å². The van der Waals surface area contributed by atoms with Gasteiger partial charge in [0.25, 0.3) is 5.91 Å². The van der Waals surface area contributed by atoms with Crippen molar-refractivity contribution in [3.8, 4) is 11.5 Å². The van der Waals surface area contributed by atoms with E-state index in [1.807, 2.05) is 86.6 Å². The van der Waals surface area contributed by atoms with Crippen LogP contribution in [0.25, 0.3) is 0 Å². The van der Waals surface area contributed by atoms with E-state index in [-0.39, 0.29) is 11.8 Å². The van der Waals surface area contributed by atoms with Crippen LogP contribution in [0, 0.1) is 0 Å². The molecule has 6 heteroatoms. The molecule has 4 rings (SSSR count). The number of ether oxygens (including phenoxy) is 2. The van der Waals surface area contributed by atoms with Crippen molar-refractivity contribution in [2.75, 3.05) is 13.7 Å². The molecule has 176 valence electrons. The summed E-state index contributed by atoms with van der Waals surface area (Å²) in [5.74, 6) is 1.22. The molecule has 1 aliphatic heterocycles. The maximum atomic E-state index is 13.6. The topological polar surface area (TPSA) is 67.9 Å². The molecule has 1 N–H and O–H groups in total. The zero-order valence-electron chi connectivity index (χ0n) is 19.8. The van der Waals surface area contributed by atoms with E-state index in [2.05, 4.69) is 5.32 Å². The number of carbonyl (C=O) groups is 2. The first-order valence-corrected chi connectivity index (χ1v) is 11.5. The summed E-state index contributed by atoms with van der Waals surface area (Å²) in [5.41, 5.74) is 2.39. The largest absolute Gasteiger partial charge is 0.497 e. The summed E-state index contributed by atoms with van der Waals surface area (Å²) in [6, 6.07) is 22.7. The molecule has 34 heavy (non-hydrogen) atoms. The van der Waals surface area contributed by atoms with Gasteiger partial charge in [-0.2, -0.15) is 0 Å². The molecule has 3 aromatic carbocycles. The van der Waals surface area contributed by atoms with Gasteiger partial charge >= 0.3 is 0 Å². The number of carbonyl (C=O) groups excluding carboxylic acids is 2. The molecule has 0 bridgehead atoms. The average Bonchev–Trinajstić information content (AvgIpc) is 2.86. The van der Waals surface area contributed by atoms with Gasteiger partial charge in [0.05, 0.1) is 13.7 Å². The molecule has 0 aromatic heterocycles. The van der Waals surface area contributed by atoms with Crippen LogP contribution >= 0.6 is 0 Å². The van der Waals surface area contributed by atoms with Crippen LogP contribution < -0.4 is 14.8 Å².